The van der Waals surface area contributed by atoms with E-state index in [9.17, 15) is 9.59 Å². The van der Waals surface area contributed by atoms with Crippen LogP contribution in [0.15, 0.2) is 35.1 Å². The summed E-state index contributed by atoms with van der Waals surface area (Å²) >= 11 is 0. The van der Waals surface area contributed by atoms with Crippen LogP contribution in [0.5, 0.6) is 0 Å². The van der Waals surface area contributed by atoms with Gasteiger partial charge in [-0.2, -0.15) is 0 Å². The lowest BCUT2D eigenvalue weighted by Gasteiger charge is -2.21. The molecule has 0 spiro atoms. The summed E-state index contributed by atoms with van der Waals surface area (Å²) in [5.41, 5.74) is 2.90. The topological polar surface area (TPSA) is 62.8 Å². The lowest BCUT2D eigenvalue weighted by atomic mass is 9.83. The third-order valence-electron chi connectivity index (χ3n) is 5.39. The standard InChI is InChI=1S/C21H26N2O2/c1-13(2)17(11-19(24)18-12-20(25)23-14(3)22-18)15-5-7-16(8-6-15)21(4)9-10-21/h5-8,12-13,17H,9-11H2,1-4H3,(H,22,23,25)/t17-/m1/s1. The summed E-state index contributed by atoms with van der Waals surface area (Å²) in [6.45, 7) is 8.25. The second kappa shape index (κ2) is 6.58. The van der Waals surface area contributed by atoms with Gasteiger partial charge in [-0.1, -0.05) is 45.0 Å². The van der Waals surface area contributed by atoms with E-state index >= 15 is 0 Å². The normalized spacial score (nSPS) is 16.7. The lowest BCUT2D eigenvalue weighted by Crippen LogP contribution is -2.18. The highest BCUT2D eigenvalue weighted by Gasteiger charge is 2.38. The Labute approximate surface area is 148 Å². The highest BCUT2D eigenvalue weighted by atomic mass is 16.1. The number of carbonyl (C=O) groups is 1. The first kappa shape index (κ1) is 17.6. The van der Waals surface area contributed by atoms with Gasteiger partial charge in [0.05, 0.1) is 0 Å². The van der Waals surface area contributed by atoms with Gasteiger partial charge in [0.1, 0.15) is 11.5 Å². The highest BCUT2D eigenvalue weighted by molar-refractivity contribution is 5.94. The van der Waals surface area contributed by atoms with Crippen LogP contribution in [0.25, 0.3) is 0 Å². The Morgan fingerprint density at radius 2 is 1.88 bits per heavy atom. The molecule has 3 rings (SSSR count). The summed E-state index contributed by atoms with van der Waals surface area (Å²) in [6.07, 6.45) is 2.88. The van der Waals surface area contributed by atoms with Gasteiger partial charge in [-0.05, 0) is 48.1 Å². The van der Waals surface area contributed by atoms with Gasteiger partial charge in [-0.3, -0.25) is 9.59 Å². The van der Waals surface area contributed by atoms with Crippen LogP contribution in [0, 0.1) is 12.8 Å². The number of H-pyrrole nitrogens is 1. The Balaban J connectivity index is 1.81. The third kappa shape index (κ3) is 3.89. The van der Waals surface area contributed by atoms with E-state index in [-0.39, 0.29) is 23.0 Å². The number of aromatic nitrogens is 2. The predicted molar refractivity (Wildman–Crippen MR) is 99.1 cm³/mol. The van der Waals surface area contributed by atoms with Crippen LogP contribution in [0.2, 0.25) is 0 Å². The molecule has 1 aliphatic rings. The van der Waals surface area contributed by atoms with Crippen LogP contribution >= 0.6 is 0 Å². The number of aromatic amines is 1. The highest BCUT2D eigenvalue weighted by Crippen LogP contribution is 2.47. The average Bonchev–Trinajstić information content (AvgIpc) is 3.30. The second-order valence-corrected chi connectivity index (χ2v) is 7.88. The quantitative estimate of drug-likeness (QED) is 0.805. The molecule has 1 fully saturated rings. The Kier molecular flexibility index (Phi) is 4.63. The number of hydrogen-bond donors (Lipinski definition) is 1. The molecule has 1 saturated carbocycles. The molecule has 1 atom stereocenters. The van der Waals surface area contributed by atoms with Crippen LogP contribution in [0.4, 0.5) is 0 Å². The van der Waals surface area contributed by atoms with Gasteiger partial charge < -0.3 is 4.98 Å². The van der Waals surface area contributed by atoms with Gasteiger partial charge in [-0.15, -0.1) is 0 Å². The smallest absolute Gasteiger partial charge is 0.251 e. The second-order valence-electron chi connectivity index (χ2n) is 7.88. The zero-order chi connectivity index (χ0) is 18.2. The molecule has 0 unspecified atom stereocenters. The largest absolute Gasteiger partial charge is 0.311 e. The predicted octanol–water partition coefficient (Wildman–Crippen LogP) is 4.14. The van der Waals surface area contributed by atoms with Crippen LogP contribution in [-0.2, 0) is 5.41 Å². The van der Waals surface area contributed by atoms with Crippen LogP contribution in [-0.4, -0.2) is 15.8 Å². The fourth-order valence-corrected chi connectivity index (χ4v) is 3.37. The Morgan fingerprint density at radius 1 is 1.24 bits per heavy atom. The SMILES string of the molecule is Cc1nc(C(=O)C[C@@H](c2ccc(C3(C)CC3)cc2)C(C)C)cc(=O)[nH]1. The molecular weight excluding hydrogens is 312 g/mol. The van der Waals surface area contributed by atoms with E-state index in [4.69, 9.17) is 0 Å². The number of benzene rings is 1. The molecule has 0 bridgehead atoms. The maximum Gasteiger partial charge on any atom is 0.251 e. The minimum Gasteiger partial charge on any atom is -0.311 e. The molecule has 1 heterocycles. The van der Waals surface area contributed by atoms with Gasteiger partial charge in [0, 0.05) is 12.5 Å². The fourth-order valence-electron chi connectivity index (χ4n) is 3.37. The van der Waals surface area contributed by atoms with Crippen molar-refractivity contribution < 1.29 is 4.79 Å². The number of ketones is 1. The summed E-state index contributed by atoms with van der Waals surface area (Å²) < 4.78 is 0. The number of Topliss-reactive ketones (excluding diaryl/α,β-unsaturated/α-hetero) is 1. The van der Waals surface area contributed by atoms with E-state index in [1.165, 1.54) is 30.0 Å². The van der Waals surface area contributed by atoms with E-state index < -0.39 is 0 Å². The molecule has 0 aliphatic heterocycles. The first-order chi connectivity index (χ1) is 11.8. The molecule has 0 amide bonds. The molecule has 25 heavy (non-hydrogen) atoms. The lowest BCUT2D eigenvalue weighted by molar-refractivity contribution is 0.0961. The Hall–Kier alpha value is -2.23. The minimum atomic E-state index is -0.279. The van der Waals surface area contributed by atoms with Crippen LogP contribution in [0.3, 0.4) is 0 Å². The van der Waals surface area contributed by atoms with Gasteiger partial charge >= 0.3 is 0 Å². The summed E-state index contributed by atoms with van der Waals surface area (Å²) in [4.78, 5) is 31.0. The van der Waals surface area contributed by atoms with Crippen molar-refractivity contribution in [2.75, 3.05) is 0 Å². The third-order valence-corrected chi connectivity index (χ3v) is 5.39. The monoisotopic (exact) mass is 338 g/mol. The average molecular weight is 338 g/mol. The van der Waals surface area contributed by atoms with Gasteiger partial charge in [0.2, 0.25) is 0 Å². The molecule has 0 saturated heterocycles. The molecule has 1 aromatic heterocycles. The number of aryl methyl sites for hydroxylation is 1. The number of rotatable bonds is 6. The maximum absolute atomic E-state index is 12.7. The molecular formula is C21H26N2O2. The molecule has 4 heteroatoms. The summed E-state index contributed by atoms with van der Waals surface area (Å²) in [5.74, 6) is 0.842. The number of nitrogens with one attached hydrogen (secondary N) is 1. The Morgan fingerprint density at radius 3 is 2.40 bits per heavy atom. The van der Waals surface area contributed by atoms with Gasteiger partial charge in [-0.25, -0.2) is 4.98 Å². The van der Waals surface area contributed by atoms with Crippen LogP contribution < -0.4 is 5.56 Å². The van der Waals surface area contributed by atoms with Crippen molar-refractivity contribution >= 4 is 5.78 Å². The first-order valence-corrected chi connectivity index (χ1v) is 9.00. The summed E-state index contributed by atoms with van der Waals surface area (Å²) in [5, 5.41) is 0. The molecule has 4 nitrogen and oxygen atoms in total. The van der Waals surface area contributed by atoms with E-state index in [1.54, 1.807) is 6.92 Å². The van der Waals surface area contributed by atoms with Crippen molar-refractivity contribution in [2.45, 2.75) is 58.3 Å². The first-order valence-electron chi connectivity index (χ1n) is 9.00. The molecule has 1 aromatic carbocycles. The molecule has 1 N–H and O–H groups in total. The maximum atomic E-state index is 12.7. The summed E-state index contributed by atoms with van der Waals surface area (Å²) in [7, 11) is 0. The van der Waals surface area contributed by atoms with E-state index in [1.807, 2.05) is 0 Å². The molecule has 1 aliphatic carbocycles. The molecule has 0 radical (unpaired) electrons. The van der Waals surface area contributed by atoms with Crippen molar-refractivity contribution in [3.8, 4) is 0 Å². The van der Waals surface area contributed by atoms with Crippen molar-refractivity contribution in [3.05, 3.63) is 63.3 Å². The van der Waals surface area contributed by atoms with Crippen LogP contribution in [0.1, 0.15) is 73.4 Å². The van der Waals surface area contributed by atoms with Crippen molar-refractivity contribution in [2.24, 2.45) is 5.92 Å². The van der Waals surface area contributed by atoms with Crippen molar-refractivity contribution in [1.29, 1.82) is 0 Å². The molecule has 132 valence electrons. The number of hydrogen-bond acceptors (Lipinski definition) is 3. The Bertz CT molecular complexity index is 830. The van der Waals surface area contributed by atoms with E-state index in [2.05, 4.69) is 55.0 Å². The van der Waals surface area contributed by atoms with Gasteiger partial charge in [0.25, 0.3) is 5.56 Å². The van der Waals surface area contributed by atoms with Gasteiger partial charge in [0.15, 0.2) is 5.78 Å². The van der Waals surface area contributed by atoms with Crippen molar-refractivity contribution in [1.82, 2.24) is 9.97 Å². The zero-order valence-corrected chi connectivity index (χ0v) is 15.4. The minimum absolute atomic E-state index is 0.0777. The van der Waals surface area contributed by atoms with E-state index in [0.717, 1.165) is 0 Å². The molecule has 2 aromatic rings. The summed E-state index contributed by atoms with van der Waals surface area (Å²) in [6, 6.07) is 10.0. The zero-order valence-electron chi connectivity index (χ0n) is 15.4. The van der Waals surface area contributed by atoms with Crippen molar-refractivity contribution in [3.63, 3.8) is 0 Å². The number of carbonyl (C=O) groups excluding carboxylic acids is 1. The fraction of sp³-hybridized carbons (Fsp3) is 0.476. The van der Waals surface area contributed by atoms with E-state index in [0.29, 0.717) is 23.6 Å². The number of nitrogens with zero attached hydrogens (tertiary/aromatic N) is 1.